The van der Waals surface area contributed by atoms with E-state index in [1.165, 1.54) is 6.07 Å². The van der Waals surface area contributed by atoms with E-state index in [1.54, 1.807) is 16.5 Å². The molecule has 36 heavy (non-hydrogen) atoms. The van der Waals surface area contributed by atoms with Crippen LogP contribution in [-0.2, 0) is 24.2 Å². The van der Waals surface area contributed by atoms with Gasteiger partial charge >= 0.3 is 0 Å². The van der Waals surface area contributed by atoms with Gasteiger partial charge in [-0.3, -0.25) is 14.3 Å². The Morgan fingerprint density at radius 2 is 1.67 bits per heavy atom. The molecule has 1 aromatic carbocycles. The van der Waals surface area contributed by atoms with Gasteiger partial charge in [-0.2, -0.15) is 5.10 Å². The van der Waals surface area contributed by atoms with Gasteiger partial charge < -0.3 is 19.8 Å². The number of piperidine rings is 1. The molecule has 3 aliphatic rings. The largest absolute Gasteiger partial charge is 0.393 e. The van der Waals surface area contributed by atoms with E-state index in [2.05, 4.69) is 10.00 Å². The Morgan fingerprint density at radius 1 is 0.972 bits per heavy atom. The Labute approximate surface area is 211 Å². The maximum atomic E-state index is 13.9. The number of piperazine rings is 1. The molecule has 0 radical (unpaired) electrons. The lowest BCUT2D eigenvalue weighted by molar-refractivity contribution is -0.132. The molecule has 0 unspecified atom stereocenters. The van der Waals surface area contributed by atoms with Crippen LogP contribution in [0.25, 0.3) is 0 Å². The first-order valence-electron chi connectivity index (χ1n) is 13.2. The molecule has 2 aliphatic heterocycles. The second-order valence-corrected chi connectivity index (χ2v) is 10.3. The molecule has 0 saturated carbocycles. The van der Waals surface area contributed by atoms with Crippen molar-refractivity contribution in [3.63, 3.8) is 0 Å². The summed E-state index contributed by atoms with van der Waals surface area (Å²) in [5, 5.41) is 14.5. The van der Waals surface area contributed by atoms with Crippen LogP contribution in [0.2, 0.25) is 0 Å². The highest BCUT2D eigenvalue weighted by molar-refractivity contribution is 5.94. The van der Waals surface area contributed by atoms with E-state index in [1.807, 2.05) is 17.9 Å². The van der Waals surface area contributed by atoms with Crippen LogP contribution in [0, 0.1) is 19.7 Å². The maximum Gasteiger partial charge on any atom is 0.274 e. The number of fused-ring (bicyclic) bond motifs is 1. The van der Waals surface area contributed by atoms with Gasteiger partial charge in [0, 0.05) is 56.2 Å². The summed E-state index contributed by atoms with van der Waals surface area (Å²) in [6.45, 7) is 7.54. The van der Waals surface area contributed by atoms with Gasteiger partial charge in [0.15, 0.2) is 5.69 Å². The SMILES string of the molecule is Cc1c(F)ccc(N2CCN(C(=O)Cn3nc(C(=O)N4CCC(O)CC4)c4c3CCCC4)CC2)c1C. The van der Waals surface area contributed by atoms with Crippen molar-refractivity contribution in [3.05, 3.63) is 46.0 Å². The molecule has 1 aromatic heterocycles. The number of hydrogen-bond acceptors (Lipinski definition) is 5. The third-order valence-corrected chi connectivity index (χ3v) is 8.16. The first-order valence-corrected chi connectivity index (χ1v) is 13.2. The number of carbonyl (C=O) groups is 2. The molecule has 0 spiro atoms. The van der Waals surface area contributed by atoms with Crippen molar-refractivity contribution >= 4 is 17.5 Å². The molecular weight excluding hydrogens is 461 g/mol. The molecule has 1 aliphatic carbocycles. The quantitative estimate of drug-likeness (QED) is 0.702. The third-order valence-electron chi connectivity index (χ3n) is 8.16. The molecule has 2 fully saturated rings. The highest BCUT2D eigenvalue weighted by Gasteiger charge is 2.31. The molecule has 5 rings (SSSR count). The lowest BCUT2D eigenvalue weighted by atomic mass is 9.95. The molecule has 0 bridgehead atoms. The number of aromatic nitrogens is 2. The van der Waals surface area contributed by atoms with Gasteiger partial charge in [-0.1, -0.05) is 0 Å². The van der Waals surface area contributed by atoms with E-state index in [-0.39, 0.29) is 30.3 Å². The summed E-state index contributed by atoms with van der Waals surface area (Å²) in [5.74, 6) is -0.259. The summed E-state index contributed by atoms with van der Waals surface area (Å²) < 4.78 is 15.6. The summed E-state index contributed by atoms with van der Waals surface area (Å²) in [7, 11) is 0. The molecule has 2 amide bonds. The minimum atomic E-state index is -0.338. The molecule has 2 saturated heterocycles. The van der Waals surface area contributed by atoms with Crippen molar-refractivity contribution < 1.29 is 19.1 Å². The normalized spacial score (nSPS) is 18.9. The van der Waals surface area contributed by atoms with E-state index < -0.39 is 0 Å². The molecule has 8 nitrogen and oxygen atoms in total. The number of likely N-dealkylation sites (tertiary alicyclic amines) is 1. The monoisotopic (exact) mass is 497 g/mol. The molecular formula is C27H36FN5O3. The number of nitrogens with zero attached hydrogens (tertiary/aromatic N) is 5. The molecule has 2 aromatic rings. The number of aliphatic hydroxyl groups is 1. The molecule has 3 heterocycles. The highest BCUT2D eigenvalue weighted by atomic mass is 19.1. The number of hydrogen-bond donors (Lipinski definition) is 1. The average Bonchev–Trinajstić information content (AvgIpc) is 3.26. The first kappa shape index (κ1) is 24.7. The zero-order chi connectivity index (χ0) is 25.4. The fourth-order valence-electron chi connectivity index (χ4n) is 5.73. The van der Waals surface area contributed by atoms with Crippen LogP contribution >= 0.6 is 0 Å². The Morgan fingerprint density at radius 3 is 2.39 bits per heavy atom. The van der Waals surface area contributed by atoms with Gasteiger partial charge in [-0.15, -0.1) is 0 Å². The number of anilines is 1. The number of carbonyl (C=O) groups excluding carboxylic acids is 2. The minimum absolute atomic E-state index is 0.0117. The van der Waals surface area contributed by atoms with Gasteiger partial charge in [0.25, 0.3) is 5.91 Å². The number of aliphatic hydroxyl groups excluding tert-OH is 1. The molecule has 9 heteroatoms. The van der Waals surface area contributed by atoms with Gasteiger partial charge in [0.2, 0.25) is 5.91 Å². The molecule has 0 atom stereocenters. The average molecular weight is 498 g/mol. The fourth-order valence-corrected chi connectivity index (χ4v) is 5.73. The fraction of sp³-hybridized carbons (Fsp3) is 0.593. The van der Waals surface area contributed by atoms with E-state index >= 15 is 0 Å². The summed E-state index contributed by atoms with van der Waals surface area (Å²) in [5.41, 5.74) is 5.14. The molecule has 194 valence electrons. The van der Waals surface area contributed by atoms with Gasteiger partial charge in [0.05, 0.1) is 6.10 Å². The van der Waals surface area contributed by atoms with Crippen molar-refractivity contribution in [1.29, 1.82) is 0 Å². The molecule has 1 N–H and O–H groups in total. The van der Waals surface area contributed by atoms with E-state index in [0.717, 1.165) is 48.2 Å². The summed E-state index contributed by atoms with van der Waals surface area (Å²) in [4.78, 5) is 32.4. The van der Waals surface area contributed by atoms with E-state index in [0.29, 0.717) is 63.4 Å². The van der Waals surface area contributed by atoms with Crippen LogP contribution in [0.4, 0.5) is 10.1 Å². The van der Waals surface area contributed by atoms with Crippen LogP contribution < -0.4 is 4.90 Å². The van der Waals surface area contributed by atoms with Crippen molar-refractivity contribution in [2.45, 2.75) is 65.0 Å². The first-order chi connectivity index (χ1) is 17.3. The lowest BCUT2D eigenvalue weighted by Crippen LogP contribution is -2.50. The van der Waals surface area contributed by atoms with E-state index in [4.69, 9.17) is 0 Å². The van der Waals surface area contributed by atoms with Crippen LogP contribution in [0.1, 0.15) is 58.6 Å². The van der Waals surface area contributed by atoms with E-state index in [9.17, 15) is 19.1 Å². The van der Waals surface area contributed by atoms with Crippen LogP contribution in [0.5, 0.6) is 0 Å². The van der Waals surface area contributed by atoms with Crippen LogP contribution in [0.15, 0.2) is 12.1 Å². The highest BCUT2D eigenvalue weighted by Crippen LogP contribution is 2.28. The maximum absolute atomic E-state index is 13.9. The predicted molar refractivity (Wildman–Crippen MR) is 135 cm³/mol. The zero-order valence-corrected chi connectivity index (χ0v) is 21.3. The van der Waals surface area contributed by atoms with Crippen LogP contribution in [0.3, 0.4) is 0 Å². The number of halogens is 1. The number of benzene rings is 1. The summed E-state index contributed by atoms with van der Waals surface area (Å²) >= 11 is 0. The summed E-state index contributed by atoms with van der Waals surface area (Å²) in [6.07, 6.45) is 4.55. The smallest absolute Gasteiger partial charge is 0.274 e. The standard InChI is InChI=1S/C27H36FN5O3/c1-18-19(2)23(8-7-22(18)28)30-13-15-31(16-14-30)25(35)17-33-24-6-4-3-5-21(24)26(29-33)27(36)32-11-9-20(34)10-12-32/h7-8,20,34H,3-6,9-17H2,1-2H3. The van der Waals surface area contributed by atoms with Crippen molar-refractivity contribution in [2.75, 3.05) is 44.2 Å². The lowest BCUT2D eigenvalue weighted by Gasteiger charge is -2.37. The number of amides is 2. The third kappa shape index (κ3) is 4.73. The minimum Gasteiger partial charge on any atom is -0.393 e. The Kier molecular flexibility index (Phi) is 7.01. The topological polar surface area (TPSA) is 81.9 Å². The Bertz CT molecular complexity index is 1150. The second-order valence-electron chi connectivity index (χ2n) is 10.3. The van der Waals surface area contributed by atoms with Gasteiger partial charge in [-0.25, -0.2) is 4.39 Å². The van der Waals surface area contributed by atoms with Crippen molar-refractivity contribution in [1.82, 2.24) is 19.6 Å². The van der Waals surface area contributed by atoms with Gasteiger partial charge in [0.1, 0.15) is 12.4 Å². The van der Waals surface area contributed by atoms with Crippen molar-refractivity contribution in [2.24, 2.45) is 0 Å². The Hall–Kier alpha value is -2.94. The second kappa shape index (κ2) is 10.2. The predicted octanol–water partition coefficient (Wildman–Crippen LogP) is 2.46. The van der Waals surface area contributed by atoms with Crippen molar-refractivity contribution in [3.8, 4) is 0 Å². The zero-order valence-electron chi connectivity index (χ0n) is 21.3. The van der Waals surface area contributed by atoms with Crippen LogP contribution in [-0.4, -0.2) is 81.9 Å². The van der Waals surface area contributed by atoms with Gasteiger partial charge in [-0.05, 0) is 75.6 Å². The number of rotatable bonds is 4. The summed E-state index contributed by atoms with van der Waals surface area (Å²) in [6, 6.07) is 3.34. The Balaban J connectivity index is 1.26.